The van der Waals surface area contributed by atoms with Crippen molar-refractivity contribution < 1.29 is 4.79 Å². The van der Waals surface area contributed by atoms with Crippen molar-refractivity contribution in [3.63, 3.8) is 0 Å². The van der Waals surface area contributed by atoms with Crippen LogP contribution in [0.25, 0.3) is 0 Å². The molecule has 3 N–H and O–H groups in total. The van der Waals surface area contributed by atoms with E-state index in [1.165, 1.54) is 11.1 Å². The number of benzene rings is 1. The second-order valence-electron chi connectivity index (χ2n) is 3.43. The highest BCUT2D eigenvalue weighted by molar-refractivity contribution is 5.75. The number of hydrogen-bond acceptors (Lipinski definition) is 2. The van der Waals surface area contributed by atoms with E-state index >= 15 is 0 Å². The van der Waals surface area contributed by atoms with Crippen molar-refractivity contribution in [3.05, 3.63) is 35.4 Å². The molecule has 1 amide bonds. The smallest absolute Gasteiger partial charge is 0.231 e. The number of rotatable bonds is 4. The van der Waals surface area contributed by atoms with Crippen molar-refractivity contribution in [2.24, 2.45) is 5.73 Å². The summed E-state index contributed by atoms with van der Waals surface area (Å²) in [5, 5.41) is 3.06. The Morgan fingerprint density at radius 1 is 1.50 bits per heavy atom. The highest BCUT2D eigenvalue weighted by atomic mass is 16.1. The predicted molar refractivity (Wildman–Crippen MR) is 56.8 cm³/mol. The van der Waals surface area contributed by atoms with Crippen LogP contribution in [-0.2, 0) is 4.79 Å². The van der Waals surface area contributed by atoms with Crippen LogP contribution in [0, 0.1) is 6.92 Å². The van der Waals surface area contributed by atoms with Gasteiger partial charge in [0.2, 0.25) is 5.91 Å². The third kappa shape index (κ3) is 2.85. The third-order valence-electron chi connectivity index (χ3n) is 2.24. The molecule has 3 nitrogen and oxygen atoms in total. The lowest BCUT2D eigenvalue weighted by atomic mass is 10.0. The molecule has 3 heteroatoms. The van der Waals surface area contributed by atoms with Crippen molar-refractivity contribution in [1.29, 1.82) is 0 Å². The summed E-state index contributed by atoms with van der Waals surface area (Å²) in [6.45, 7) is 4.29. The molecule has 0 aliphatic rings. The standard InChI is InChI=1S/C11H16N2O/c1-8-5-3-4-6-10(8)9(2)13-7-11(12)14/h3-6,9,13H,7H2,1-2H3,(H2,12,14)/t9-/m0/s1. The Bertz CT molecular complexity index is 323. The first-order valence-electron chi connectivity index (χ1n) is 4.68. The van der Waals surface area contributed by atoms with Crippen LogP contribution in [0.2, 0.25) is 0 Å². The van der Waals surface area contributed by atoms with Gasteiger partial charge in [-0.1, -0.05) is 24.3 Å². The lowest BCUT2D eigenvalue weighted by Gasteiger charge is -2.15. The quantitative estimate of drug-likeness (QED) is 0.751. The second-order valence-corrected chi connectivity index (χ2v) is 3.43. The Morgan fingerprint density at radius 3 is 2.71 bits per heavy atom. The Hall–Kier alpha value is -1.35. The van der Waals surface area contributed by atoms with E-state index in [-0.39, 0.29) is 18.5 Å². The summed E-state index contributed by atoms with van der Waals surface area (Å²) >= 11 is 0. The largest absolute Gasteiger partial charge is 0.369 e. The summed E-state index contributed by atoms with van der Waals surface area (Å²) in [5.41, 5.74) is 7.48. The third-order valence-corrected chi connectivity index (χ3v) is 2.24. The first-order valence-corrected chi connectivity index (χ1v) is 4.68. The zero-order valence-corrected chi connectivity index (χ0v) is 8.58. The van der Waals surface area contributed by atoms with Gasteiger partial charge in [-0.25, -0.2) is 0 Å². The van der Waals surface area contributed by atoms with Crippen LogP contribution < -0.4 is 11.1 Å². The minimum Gasteiger partial charge on any atom is -0.369 e. The van der Waals surface area contributed by atoms with Gasteiger partial charge in [0.05, 0.1) is 6.54 Å². The molecule has 1 aromatic rings. The molecule has 14 heavy (non-hydrogen) atoms. The Balaban J connectivity index is 2.65. The average Bonchev–Trinajstić information content (AvgIpc) is 2.15. The van der Waals surface area contributed by atoms with E-state index in [4.69, 9.17) is 5.73 Å². The summed E-state index contributed by atoms with van der Waals surface area (Å²) in [7, 11) is 0. The number of primary amides is 1. The van der Waals surface area contributed by atoms with E-state index in [0.29, 0.717) is 0 Å². The lowest BCUT2D eigenvalue weighted by Crippen LogP contribution is -2.30. The van der Waals surface area contributed by atoms with Gasteiger partial charge in [0.15, 0.2) is 0 Å². The highest BCUT2D eigenvalue weighted by Gasteiger charge is 2.07. The van der Waals surface area contributed by atoms with Crippen molar-refractivity contribution in [2.45, 2.75) is 19.9 Å². The molecular formula is C11H16N2O. The molecule has 0 saturated heterocycles. The summed E-state index contributed by atoms with van der Waals surface area (Å²) in [4.78, 5) is 10.6. The van der Waals surface area contributed by atoms with Gasteiger partial charge < -0.3 is 11.1 Å². The molecule has 1 rings (SSSR count). The molecule has 0 radical (unpaired) electrons. The highest BCUT2D eigenvalue weighted by Crippen LogP contribution is 2.15. The summed E-state index contributed by atoms with van der Waals surface area (Å²) < 4.78 is 0. The lowest BCUT2D eigenvalue weighted by molar-refractivity contribution is -0.117. The molecule has 0 spiro atoms. The topological polar surface area (TPSA) is 55.1 Å². The number of aryl methyl sites for hydroxylation is 1. The Kier molecular flexibility index (Phi) is 3.65. The number of nitrogens with two attached hydrogens (primary N) is 1. The summed E-state index contributed by atoms with van der Waals surface area (Å²) in [5.74, 6) is -0.328. The molecule has 0 saturated carbocycles. The van der Waals surface area contributed by atoms with E-state index in [1.807, 2.05) is 25.1 Å². The first-order chi connectivity index (χ1) is 6.61. The van der Waals surface area contributed by atoms with Crippen LogP contribution in [0.5, 0.6) is 0 Å². The normalized spacial score (nSPS) is 12.4. The summed E-state index contributed by atoms with van der Waals surface area (Å²) in [6.07, 6.45) is 0. The molecule has 0 heterocycles. The number of amides is 1. The fourth-order valence-electron chi connectivity index (χ4n) is 1.44. The van der Waals surface area contributed by atoms with Gasteiger partial charge in [0, 0.05) is 6.04 Å². The fourth-order valence-corrected chi connectivity index (χ4v) is 1.44. The predicted octanol–water partition coefficient (Wildman–Crippen LogP) is 1.13. The van der Waals surface area contributed by atoms with E-state index in [1.54, 1.807) is 0 Å². The fraction of sp³-hybridized carbons (Fsp3) is 0.364. The number of carbonyl (C=O) groups excluding carboxylic acids is 1. The van der Waals surface area contributed by atoms with Crippen LogP contribution in [0.4, 0.5) is 0 Å². The maximum absolute atomic E-state index is 10.6. The van der Waals surface area contributed by atoms with E-state index in [0.717, 1.165) is 0 Å². The minimum atomic E-state index is -0.328. The molecule has 0 bridgehead atoms. The second kappa shape index (κ2) is 4.77. The van der Waals surface area contributed by atoms with Crippen LogP contribution in [0.3, 0.4) is 0 Å². The molecule has 0 aromatic heterocycles. The van der Waals surface area contributed by atoms with Crippen molar-refractivity contribution in [1.82, 2.24) is 5.32 Å². The van der Waals surface area contributed by atoms with Gasteiger partial charge in [-0.15, -0.1) is 0 Å². The zero-order chi connectivity index (χ0) is 10.6. The monoisotopic (exact) mass is 192 g/mol. The van der Waals surface area contributed by atoms with Gasteiger partial charge in [0.25, 0.3) is 0 Å². The van der Waals surface area contributed by atoms with Crippen molar-refractivity contribution >= 4 is 5.91 Å². The van der Waals surface area contributed by atoms with Gasteiger partial charge in [-0.2, -0.15) is 0 Å². The Labute approximate surface area is 84.3 Å². The van der Waals surface area contributed by atoms with E-state index in [2.05, 4.69) is 18.3 Å². The van der Waals surface area contributed by atoms with Crippen molar-refractivity contribution in [2.75, 3.05) is 6.54 Å². The molecule has 76 valence electrons. The first kappa shape index (κ1) is 10.7. The molecule has 0 unspecified atom stereocenters. The SMILES string of the molecule is Cc1ccccc1[C@H](C)NCC(N)=O. The molecule has 1 aromatic carbocycles. The zero-order valence-electron chi connectivity index (χ0n) is 8.58. The number of hydrogen-bond donors (Lipinski definition) is 2. The van der Waals surface area contributed by atoms with Crippen LogP contribution in [-0.4, -0.2) is 12.5 Å². The molecule has 1 atom stereocenters. The molecule has 0 aliphatic heterocycles. The average molecular weight is 192 g/mol. The van der Waals surface area contributed by atoms with Crippen LogP contribution in [0.1, 0.15) is 24.1 Å². The number of nitrogens with one attached hydrogen (secondary N) is 1. The van der Waals surface area contributed by atoms with Crippen molar-refractivity contribution in [3.8, 4) is 0 Å². The van der Waals surface area contributed by atoms with Gasteiger partial charge in [0.1, 0.15) is 0 Å². The summed E-state index contributed by atoms with van der Waals surface area (Å²) in [6, 6.07) is 8.25. The minimum absolute atomic E-state index is 0.156. The van der Waals surface area contributed by atoms with Gasteiger partial charge in [-0.05, 0) is 25.0 Å². The Morgan fingerprint density at radius 2 is 2.14 bits per heavy atom. The molecular weight excluding hydrogens is 176 g/mol. The molecule has 0 aliphatic carbocycles. The van der Waals surface area contributed by atoms with Gasteiger partial charge >= 0.3 is 0 Å². The maximum atomic E-state index is 10.6. The van der Waals surface area contributed by atoms with Crippen LogP contribution >= 0.6 is 0 Å². The van der Waals surface area contributed by atoms with E-state index in [9.17, 15) is 4.79 Å². The van der Waals surface area contributed by atoms with E-state index < -0.39 is 0 Å². The number of carbonyl (C=O) groups is 1. The molecule has 0 fully saturated rings. The van der Waals surface area contributed by atoms with Crippen LogP contribution in [0.15, 0.2) is 24.3 Å². The maximum Gasteiger partial charge on any atom is 0.231 e. The van der Waals surface area contributed by atoms with Gasteiger partial charge in [-0.3, -0.25) is 4.79 Å².